The first kappa shape index (κ1) is 70.6. The maximum Gasteiger partial charge on any atom is 0.306 e. The zero-order valence-electron chi connectivity index (χ0n) is 49.2. The first-order valence-electron chi connectivity index (χ1n) is 31.8. The van der Waals surface area contributed by atoms with Gasteiger partial charge in [-0.2, -0.15) is 0 Å². The van der Waals surface area contributed by atoms with Crippen molar-refractivity contribution in [3.05, 3.63) is 35.9 Å². The third-order valence-corrected chi connectivity index (χ3v) is 15.1. The van der Waals surface area contributed by atoms with Crippen molar-refractivity contribution in [3.8, 4) is 0 Å². The molecule has 428 valence electrons. The summed E-state index contributed by atoms with van der Waals surface area (Å²) in [5.74, 6) is -0.838. The van der Waals surface area contributed by atoms with Crippen molar-refractivity contribution in [1.29, 1.82) is 0 Å². The van der Waals surface area contributed by atoms with Crippen molar-refractivity contribution in [3.63, 3.8) is 0 Å². The van der Waals surface area contributed by atoms with Crippen LogP contribution in [0.25, 0.3) is 0 Å². The quantitative estimate of drug-likeness (QED) is 0.0393. The lowest BCUT2D eigenvalue weighted by Crippen LogP contribution is -2.30. The Kier molecular flexibility index (Phi) is 52.6. The van der Waals surface area contributed by atoms with Gasteiger partial charge in [0, 0.05) is 19.3 Å². The molecule has 0 saturated carbocycles. The molecule has 0 amide bonds. The molecule has 0 aliphatic rings. The highest BCUT2D eigenvalue weighted by molar-refractivity contribution is 5.71. The first-order chi connectivity index (χ1) is 35.3. The zero-order valence-corrected chi connectivity index (χ0v) is 49.2. The average Bonchev–Trinajstić information content (AvgIpc) is 3.37. The van der Waals surface area contributed by atoms with Crippen LogP contribution < -0.4 is 6.15 Å². The lowest BCUT2D eigenvalue weighted by molar-refractivity contribution is -0.167. The Balaban J connectivity index is 0.0000518. The van der Waals surface area contributed by atoms with Crippen LogP contribution in [-0.4, -0.2) is 37.2 Å². The maximum absolute atomic E-state index is 12.9. The van der Waals surface area contributed by atoms with E-state index in [2.05, 4.69) is 58.0 Å². The molecule has 0 spiro atoms. The van der Waals surface area contributed by atoms with Crippen molar-refractivity contribution in [2.24, 2.45) is 5.41 Å². The van der Waals surface area contributed by atoms with E-state index >= 15 is 0 Å². The summed E-state index contributed by atoms with van der Waals surface area (Å²) in [6.07, 6.45) is 58.8. The second-order valence-electron chi connectivity index (χ2n) is 23.2. The monoisotopic (exact) mass is 1030 g/mol. The Bertz CT molecular complexity index is 1320. The molecule has 0 heterocycles. The van der Waals surface area contributed by atoms with Crippen molar-refractivity contribution in [1.82, 2.24) is 6.15 Å². The van der Waals surface area contributed by atoms with Crippen LogP contribution in [-0.2, 0) is 35.0 Å². The number of benzene rings is 1. The van der Waals surface area contributed by atoms with Crippen molar-refractivity contribution in [2.45, 2.75) is 348 Å². The van der Waals surface area contributed by atoms with E-state index in [1.807, 2.05) is 0 Å². The fourth-order valence-electron chi connectivity index (χ4n) is 10.4. The highest BCUT2D eigenvalue weighted by Crippen LogP contribution is 2.29. The summed E-state index contributed by atoms with van der Waals surface area (Å²) < 4.78 is 17.0. The number of hydrogen-bond acceptors (Lipinski definition) is 7. The molecule has 0 aliphatic carbocycles. The number of carbonyl (C=O) groups excluding carboxylic acids is 3. The molecule has 1 rings (SSSR count). The SMILES string of the molecule is CCCCCCCCCCCCCCCCCC(=O)OCC(COC(=O)CCCCCCCCCCCCCCCCC(C)(C)Cc1ccccc1)OC(=O)CCCCCCCCCCCCCCCCC.N. The highest BCUT2D eigenvalue weighted by atomic mass is 16.6. The summed E-state index contributed by atoms with van der Waals surface area (Å²) in [6.45, 7) is 9.26. The van der Waals surface area contributed by atoms with E-state index in [1.165, 1.54) is 243 Å². The third kappa shape index (κ3) is 51.5. The molecule has 0 bridgehead atoms. The van der Waals surface area contributed by atoms with Crippen LogP contribution in [0.15, 0.2) is 30.3 Å². The number of ether oxygens (including phenoxy) is 3. The minimum Gasteiger partial charge on any atom is -0.462 e. The molecule has 7 nitrogen and oxygen atoms in total. The molecule has 0 aromatic heterocycles. The Labute approximate surface area is 453 Å². The summed E-state index contributed by atoms with van der Waals surface area (Å²) in [6, 6.07) is 10.9. The molecule has 7 heteroatoms. The van der Waals surface area contributed by atoms with Crippen LogP contribution >= 0.6 is 0 Å². The predicted molar refractivity (Wildman–Crippen MR) is 314 cm³/mol. The van der Waals surface area contributed by atoms with Crippen molar-refractivity contribution >= 4 is 17.9 Å². The number of hydrogen-bond donors (Lipinski definition) is 1. The smallest absolute Gasteiger partial charge is 0.306 e. The summed E-state index contributed by atoms with van der Waals surface area (Å²) in [7, 11) is 0. The fourth-order valence-corrected chi connectivity index (χ4v) is 10.4. The van der Waals surface area contributed by atoms with Crippen LogP contribution in [0.4, 0.5) is 0 Å². The van der Waals surface area contributed by atoms with Crippen LogP contribution in [0.5, 0.6) is 0 Å². The molecule has 0 radical (unpaired) electrons. The summed E-state index contributed by atoms with van der Waals surface area (Å²) in [5.41, 5.74) is 1.84. The number of carbonyl (C=O) groups is 3. The van der Waals surface area contributed by atoms with Gasteiger partial charge >= 0.3 is 17.9 Å². The lowest BCUT2D eigenvalue weighted by atomic mass is 9.81. The van der Waals surface area contributed by atoms with Gasteiger partial charge in [-0.25, -0.2) is 0 Å². The topological polar surface area (TPSA) is 114 Å². The Morgan fingerprint density at radius 1 is 0.370 bits per heavy atom. The van der Waals surface area contributed by atoms with Gasteiger partial charge in [-0.3, -0.25) is 14.4 Å². The number of rotatable bonds is 56. The normalized spacial score (nSPS) is 11.9. The third-order valence-electron chi connectivity index (χ3n) is 15.1. The minimum absolute atomic E-state index is 0. The van der Waals surface area contributed by atoms with Crippen LogP contribution in [0, 0.1) is 5.41 Å². The van der Waals surface area contributed by atoms with Crippen molar-refractivity contribution in [2.75, 3.05) is 13.2 Å². The van der Waals surface area contributed by atoms with Gasteiger partial charge in [0.15, 0.2) is 6.10 Å². The van der Waals surface area contributed by atoms with Gasteiger partial charge in [-0.1, -0.05) is 321 Å². The molecule has 3 N–H and O–H groups in total. The number of esters is 3. The molecule has 73 heavy (non-hydrogen) atoms. The molecule has 0 saturated heterocycles. The summed E-state index contributed by atoms with van der Waals surface area (Å²) >= 11 is 0. The largest absolute Gasteiger partial charge is 0.462 e. The second kappa shape index (κ2) is 54.4. The van der Waals surface area contributed by atoms with Gasteiger partial charge in [0.1, 0.15) is 13.2 Å². The molecule has 1 aromatic carbocycles. The predicted octanol–water partition coefficient (Wildman–Crippen LogP) is 21.2. The summed E-state index contributed by atoms with van der Waals surface area (Å²) in [5, 5.41) is 0. The van der Waals surface area contributed by atoms with Gasteiger partial charge in [0.2, 0.25) is 0 Å². The van der Waals surface area contributed by atoms with Crippen LogP contribution in [0.1, 0.15) is 341 Å². The van der Waals surface area contributed by atoms with Gasteiger partial charge < -0.3 is 20.4 Å². The summed E-state index contributed by atoms with van der Waals surface area (Å²) in [4.78, 5) is 38.3. The average molecular weight is 1030 g/mol. The zero-order chi connectivity index (χ0) is 52.1. The van der Waals surface area contributed by atoms with Gasteiger partial charge in [-0.05, 0) is 43.1 Å². The molecular weight excluding hydrogens is 903 g/mol. The van der Waals surface area contributed by atoms with E-state index in [-0.39, 0.29) is 37.3 Å². The standard InChI is InChI=1S/C66H120O6.H3N/c1-5-7-9-11-13-15-17-19-21-25-29-33-37-41-48-54-63(67)70-59-62(72-65(69)56-50-43-39-35-31-27-22-20-18-16-14-12-10-8-6-2)60-71-64(68)55-49-42-38-34-30-26-23-24-28-32-36-40-44-51-57-66(3,4)58-61-52-46-45-47-53-61;/h45-47,52-53,62H,5-44,48-51,54-60H2,1-4H3;1H3. The highest BCUT2D eigenvalue weighted by Gasteiger charge is 2.20. The maximum atomic E-state index is 12.9. The molecule has 0 fully saturated rings. The van der Waals surface area contributed by atoms with Gasteiger partial charge in [0.25, 0.3) is 0 Å². The molecular formula is C66H123NO6. The Morgan fingerprint density at radius 2 is 0.630 bits per heavy atom. The first-order valence-corrected chi connectivity index (χ1v) is 31.8. The lowest BCUT2D eigenvalue weighted by Gasteiger charge is -2.24. The van der Waals surface area contributed by atoms with Gasteiger partial charge in [-0.15, -0.1) is 0 Å². The van der Waals surface area contributed by atoms with Gasteiger partial charge in [0.05, 0.1) is 0 Å². The Morgan fingerprint density at radius 3 is 0.932 bits per heavy atom. The van der Waals surface area contributed by atoms with E-state index in [0.717, 1.165) is 57.8 Å². The van der Waals surface area contributed by atoms with E-state index in [1.54, 1.807) is 0 Å². The molecule has 1 atom stereocenters. The molecule has 1 aromatic rings. The van der Waals surface area contributed by atoms with Crippen LogP contribution in [0.2, 0.25) is 0 Å². The second-order valence-corrected chi connectivity index (χ2v) is 23.2. The molecule has 0 aliphatic heterocycles. The molecule has 1 unspecified atom stereocenters. The minimum atomic E-state index is -0.768. The number of unbranched alkanes of at least 4 members (excludes halogenated alkanes) is 41. The van der Waals surface area contributed by atoms with Crippen LogP contribution in [0.3, 0.4) is 0 Å². The Hall–Kier alpha value is -2.41. The fraction of sp³-hybridized carbons (Fsp3) is 0.864. The van der Waals surface area contributed by atoms with E-state index < -0.39 is 6.10 Å². The van der Waals surface area contributed by atoms with E-state index in [0.29, 0.717) is 24.7 Å². The van der Waals surface area contributed by atoms with E-state index in [4.69, 9.17) is 14.2 Å². The van der Waals surface area contributed by atoms with Crippen molar-refractivity contribution < 1.29 is 28.6 Å². The van der Waals surface area contributed by atoms with E-state index in [9.17, 15) is 14.4 Å².